The van der Waals surface area contributed by atoms with E-state index in [0.29, 0.717) is 12.3 Å². The van der Waals surface area contributed by atoms with Crippen LogP contribution in [0.3, 0.4) is 0 Å². The number of hydrogen-bond acceptors (Lipinski definition) is 4. The summed E-state index contributed by atoms with van der Waals surface area (Å²) >= 11 is 0. The Kier molecular flexibility index (Phi) is 6.71. The van der Waals surface area contributed by atoms with Crippen molar-refractivity contribution in [2.24, 2.45) is 5.92 Å². The number of carbonyl (C=O) groups is 1. The van der Waals surface area contributed by atoms with Crippen LogP contribution in [0.2, 0.25) is 0 Å². The topological polar surface area (TPSA) is 89.7 Å². The molecule has 0 atom stereocenters. The molecule has 40 heavy (non-hydrogen) atoms. The fourth-order valence-corrected chi connectivity index (χ4v) is 6.61. The summed E-state index contributed by atoms with van der Waals surface area (Å²) in [5.41, 5.74) is 8.07. The molecule has 7 heteroatoms. The van der Waals surface area contributed by atoms with Gasteiger partial charge in [0, 0.05) is 53.2 Å². The molecule has 1 saturated carbocycles. The highest BCUT2D eigenvalue weighted by atomic mass is 16.1. The lowest BCUT2D eigenvalue weighted by Gasteiger charge is -2.29. The molecule has 0 bridgehead atoms. The number of anilines is 2. The molecule has 4 heterocycles. The average Bonchev–Trinajstić information content (AvgIpc) is 3.62. The number of benzene rings is 2. The lowest BCUT2D eigenvalue weighted by atomic mass is 9.87. The summed E-state index contributed by atoms with van der Waals surface area (Å²) in [4.78, 5) is 23.3. The number of aromatic amines is 2. The maximum atomic E-state index is 12.7. The van der Waals surface area contributed by atoms with E-state index in [9.17, 15) is 4.79 Å². The van der Waals surface area contributed by atoms with Crippen molar-refractivity contribution in [1.82, 2.24) is 20.2 Å². The highest BCUT2D eigenvalue weighted by Gasteiger charge is 2.19. The minimum absolute atomic E-state index is 0.0844. The molecule has 5 aromatic rings. The van der Waals surface area contributed by atoms with E-state index in [2.05, 4.69) is 67.7 Å². The van der Waals surface area contributed by atoms with Gasteiger partial charge in [0.15, 0.2) is 0 Å². The zero-order valence-corrected chi connectivity index (χ0v) is 22.9. The van der Waals surface area contributed by atoms with Gasteiger partial charge in [0.2, 0.25) is 5.91 Å². The number of amides is 1. The van der Waals surface area contributed by atoms with Gasteiger partial charge in [-0.15, -0.1) is 0 Å². The summed E-state index contributed by atoms with van der Waals surface area (Å²) in [6, 6.07) is 17.1. The second kappa shape index (κ2) is 10.8. The molecule has 3 N–H and O–H groups in total. The Balaban J connectivity index is 1.17. The van der Waals surface area contributed by atoms with Crippen molar-refractivity contribution in [3.8, 4) is 22.5 Å². The lowest BCUT2D eigenvalue weighted by Crippen LogP contribution is -2.29. The molecule has 1 aliphatic carbocycles. The zero-order valence-electron chi connectivity index (χ0n) is 22.9. The van der Waals surface area contributed by atoms with Gasteiger partial charge in [-0.25, -0.2) is 0 Å². The number of nitrogens with one attached hydrogen (secondary N) is 3. The molecule has 0 radical (unpaired) electrons. The number of rotatable bonds is 6. The van der Waals surface area contributed by atoms with Crippen molar-refractivity contribution in [1.29, 1.82) is 0 Å². The van der Waals surface area contributed by atoms with Crippen molar-refractivity contribution in [3.63, 3.8) is 0 Å². The third kappa shape index (κ3) is 4.96. The summed E-state index contributed by atoms with van der Waals surface area (Å²) in [7, 11) is 0. The Hall–Kier alpha value is -4.13. The van der Waals surface area contributed by atoms with Crippen LogP contribution < -0.4 is 10.2 Å². The van der Waals surface area contributed by atoms with Crippen molar-refractivity contribution in [3.05, 3.63) is 60.9 Å². The smallest absolute Gasteiger partial charge is 0.224 e. The van der Waals surface area contributed by atoms with E-state index in [1.807, 2.05) is 12.3 Å². The van der Waals surface area contributed by atoms with Gasteiger partial charge in [-0.2, -0.15) is 5.10 Å². The van der Waals surface area contributed by atoms with Gasteiger partial charge in [-0.3, -0.25) is 14.9 Å². The van der Waals surface area contributed by atoms with E-state index in [1.54, 1.807) is 6.20 Å². The van der Waals surface area contributed by atoms with E-state index in [4.69, 9.17) is 5.10 Å². The quantitative estimate of drug-likeness (QED) is 0.209. The van der Waals surface area contributed by atoms with Crippen molar-refractivity contribution >= 4 is 39.1 Å². The molecule has 1 saturated heterocycles. The fourth-order valence-electron chi connectivity index (χ4n) is 6.61. The van der Waals surface area contributed by atoms with Crippen LogP contribution in [0.25, 0.3) is 44.3 Å². The van der Waals surface area contributed by atoms with Crippen LogP contribution in [0.5, 0.6) is 0 Å². The first-order chi connectivity index (χ1) is 19.7. The highest BCUT2D eigenvalue weighted by Crippen LogP contribution is 2.36. The standard InChI is InChI=1S/C33H36N6O/c40-32(16-22-8-3-1-4-9-22)35-25-17-24(20-34-21-25)23-12-13-29-27(18-23)33(38-37-29)30-19-26-28(36-30)10-7-11-31(26)39-14-5-2-6-15-39/h7,10-13,17-22,36H,1-6,8-9,14-16H2,(H,35,40)(H,37,38). The Morgan fingerprint density at radius 2 is 1.73 bits per heavy atom. The van der Waals surface area contributed by atoms with Crippen LogP contribution >= 0.6 is 0 Å². The van der Waals surface area contributed by atoms with E-state index in [-0.39, 0.29) is 5.91 Å². The Morgan fingerprint density at radius 1 is 0.875 bits per heavy atom. The van der Waals surface area contributed by atoms with Crippen LogP contribution in [0.4, 0.5) is 11.4 Å². The predicted molar refractivity (Wildman–Crippen MR) is 163 cm³/mol. The fraction of sp³-hybridized carbons (Fsp3) is 0.364. The van der Waals surface area contributed by atoms with E-state index in [1.165, 1.54) is 49.6 Å². The van der Waals surface area contributed by atoms with Crippen LogP contribution in [-0.2, 0) is 4.79 Å². The molecular weight excluding hydrogens is 496 g/mol. The molecule has 7 rings (SSSR count). The van der Waals surface area contributed by atoms with Gasteiger partial charge in [-0.1, -0.05) is 31.4 Å². The predicted octanol–water partition coefficient (Wildman–Crippen LogP) is 7.67. The Morgan fingerprint density at radius 3 is 2.60 bits per heavy atom. The summed E-state index contributed by atoms with van der Waals surface area (Å²) in [6.45, 7) is 2.23. The van der Waals surface area contributed by atoms with Crippen LogP contribution in [0.1, 0.15) is 57.8 Å². The third-order valence-electron chi connectivity index (χ3n) is 8.71. The molecule has 0 spiro atoms. The third-order valence-corrected chi connectivity index (χ3v) is 8.71. The number of fused-ring (bicyclic) bond motifs is 2. The van der Waals surface area contributed by atoms with E-state index < -0.39 is 0 Å². The largest absolute Gasteiger partial charge is 0.371 e. The van der Waals surface area contributed by atoms with Gasteiger partial charge in [0.25, 0.3) is 0 Å². The summed E-state index contributed by atoms with van der Waals surface area (Å²) in [5, 5.41) is 13.3. The maximum Gasteiger partial charge on any atom is 0.224 e. The number of carbonyl (C=O) groups excluding carboxylic acids is 1. The minimum Gasteiger partial charge on any atom is -0.371 e. The first kappa shape index (κ1) is 24.9. The SMILES string of the molecule is O=C(CC1CCCCC1)Nc1cncc(-c2ccc3[nH]nc(-c4cc5c(N6CCCCC6)cccc5[nH]4)c3c2)c1. The zero-order chi connectivity index (χ0) is 26.9. The highest BCUT2D eigenvalue weighted by molar-refractivity contribution is 6.01. The monoisotopic (exact) mass is 532 g/mol. The second-order valence-corrected chi connectivity index (χ2v) is 11.5. The van der Waals surface area contributed by atoms with Crippen LogP contribution in [0.15, 0.2) is 60.9 Å². The van der Waals surface area contributed by atoms with Crippen LogP contribution in [-0.4, -0.2) is 39.2 Å². The molecule has 3 aromatic heterocycles. The number of hydrogen-bond donors (Lipinski definition) is 3. The average molecular weight is 533 g/mol. The van der Waals surface area contributed by atoms with Crippen LogP contribution in [0, 0.1) is 5.92 Å². The number of aromatic nitrogens is 4. The minimum atomic E-state index is 0.0844. The molecule has 0 unspecified atom stereocenters. The maximum absolute atomic E-state index is 12.7. The first-order valence-electron chi connectivity index (χ1n) is 14.8. The molecule has 7 nitrogen and oxygen atoms in total. The molecule has 204 valence electrons. The Bertz CT molecular complexity index is 1650. The first-order valence-corrected chi connectivity index (χ1v) is 14.8. The molecular formula is C33H36N6O. The van der Waals surface area contributed by atoms with E-state index >= 15 is 0 Å². The summed E-state index contributed by atoms with van der Waals surface area (Å²) < 4.78 is 0. The van der Waals surface area contributed by atoms with Gasteiger partial charge < -0.3 is 15.2 Å². The second-order valence-electron chi connectivity index (χ2n) is 11.5. The molecule has 2 aromatic carbocycles. The van der Waals surface area contributed by atoms with Crippen molar-refractivity contribution in [2.45, 2.75) is 57.8 Å². The lowest BCUT2D eigenvalue weighted by molar-refractivity contribution is -0.117. The van der Waals surface area contributed by atoms with Crippen molar-refractivity contribution < 1.29 is 4.79 Å². The normalized spacial score (nSPS) is 16.6. The molecule has 2 fully saturated rings. The summed E-state index contributed by atoms with van der Waals surface area (Å²) in [6.07, 6.45) is 14.1. The summed E-state index contributed by atoms with van der Waals surface area (Å²) in [5.74, 6) is 0.591. The Labute approximate surface area is 234 Å². The number of pyridine rings is 1. The van der Waals surface area contributed by atoms with Gasteiger partial charge in [0.1, 0.15) is 5.69 Å². The number of H-pyrrole nitrogens is 2. The van der Waals surface area contributed by atoms with Crippen molar-refractivity contribution in [2.75, 3.05) is 23.3 Å². The number of piperidine rings is 1. The molecule has 2 aliphatic rings. The van der Waals surface area contributed by atoms with E-state index in [0.717, 1.165) is 70.6 Å². The molecule has 1 amide bonds. The van der Waals surface area contributed by atoms with Gasteiger partial charge >= 0.3 is 0 Å². The number of nitrogens with zero attached hydrogens (tertiary/aromatic N) is 3. The van der Waals surface area contributed by atoms with Gasteiger partial charge in [-0.05, 0) is 80.0 Å². The van der Waals surface area contributed by atoms with Gasteiger partial charge in [0.05, 0.1) is 23.1 Å². The molecule has 1 aliphatic heterocycles.